The van der Waals surface area contributed by atoms with Gasteiger partial charge in [-0.25, -0.2) is 0 Å². The van der Waals surface area contributed by atoms with Gasteiger partial charge in [0.25, 0.3) is 0 Å². The molecule has 3 heteroatoms. The average molecular weight is 339 g/mol. The minimum Gasteiger partial charge on any atom is -0.365 e. The molecule has 1 fully saturated rings. The minimum atomic E-state index is 0.571. The maximum atomic E-state index is 3.74. The summed E-state index contributed by atoms with van der Waals surface area (Å²) in [6.07, 6.45) is 2.50. The molecule has 1 aromatic carbocycles. The number of anilines is 1. The van der Waals surface area contributed by atoms with Crippen LogP contribution in [0.25, 0.3) is 0 Å². The van der Waals surface area contributed by atoms with E-state index in [-0.39, 0.29) is 0 Å². The molecule has 0 radical (unpaired) electrons. The molecule has 0 aliphatic carbocycles. The largest absolute Gasteiger partial charge is 0.365 e. The predicted octanol–water partition coefficient (Wildman–Crippen LogP) is 4.36. The summed E-state index contributed by atoms with van der Waals surface area (Å²) in [6.45, 7) is 11.3. The molecule has 0 bridgehead atoms. The topological polar surface area (TPSA) is 15.3 Å². The third-order valence-corrected chi connectivity index (χ3v) is 4.92. The van der Waals surface area contributed by atoms with Gasteiger partial charge in [0, 0.05) is 29.6 Å². The first-order valence-electron chi connectivity index (χ1n) is 7.79. The number of hydrogen-bond acceptors (Lipinski definition) is 2. The Balaban J connectivity index is 2.28. The fourth-order valence-electron chi connectivity index (χ4n) is 3.09. The van der Waals surface area contributed by atoms with Gasteiger partial charge in [-0.1, -0.05) is 33.3 Å². The van der Waals surface area contributed by atoms with E-state index >= 15 is 0 Å². The SMILES string of the molecule is CCCC1CN(c2cc(C)ccc2Br)C(C(C)C)CN1. The van der Waals surface area contributed by atoms with Gasteiger partial charge in [-0.15, -0.1) is 0 Å². The highest BCUT2D eigenvalue weighted by atomic mass is 79.9. The Morgan fingerprint density at radius 3 is 2.80 bits per heavy atom. The molecule has 0 aromatic heterocycles. The summed E-state index contributed by atoms with van der Waals surface area (Å²) >= 11 is 3.74. The molecule has 112 valence electrons. The lowest BCUT2D eigenvalue weighted by Gasteiger charge is -2.44. The number of aryl methyl sites for hydroxylation is 1. The van der Waals surface area contributed by atoms with E-state index < -0.39 is 0 Å². The number of nitrogens with zero attached hydrogens (tertiary/aromatic N) is 1. The van der Waals surface area contributed by atoms with Crippen LogP contribution in [0.5, 0.6) is 0 Å². The van der Waals surface area contributed by atoms with E-state index in [0.29, 0.717) is 18.0 Å². The Bertz CT molecular complexity index is 445. The first-order valence-corrected chi connectivity index (χ1v) is 8.58. The van der Waals surface area contributed by atoms with Crippen molar-refractivity contribution < 1.29 is 0 Å². The number of piperazine rings is 1. The second-order valence-corrected chi connectivity index (χ2v) is 7.17. The molecule has 2 nitrogen and oxygen atoms in total. The van der Waals surface area contributed by atoms with E-state index in [1.165, 1.54) is 28.6 Å². The molecule has 2 unspecified atom stereocenters. The van der Waals surface area contributed by atoms with Crippen LogP contribution in [0.1, 0.15) is 39.2 Å². The zero-order valence-corrected chi connectivity index (χ0v) is 14.7. The summed E-state index contributed by atoms with van der Waals surface area (Å²) in [5.74, 6) is 0.650. The maximum absolute atomic E-state index is 3.74. The van der Waals surface area contributed by atoms with Crippen molar-refractivity contribution in [2.24, 2.45) is 5.92 Å². The molecule has 1 heterocycles. The van der Waals surface area contributed by atoms with Crippen LogP contribution in [0.4, 0.5) is 5.69 Å². The Morgan fingerprint density at radius 2 is 2.15 bits per heavy atom. The average Bonchev–Trinajstić information content (AvgIpc) is 2.41. The predicted molar refractivity (Wildman–Crippen MR) is 91.5 cm³/mol. The summed E-state index contributed by atoms with van der Waals surface area (Å²) in [7, 11) is 0. The van der Waals surface area contributed by atoms with Gasteiger partial charge < -0.3 is 10.2 Å². The van der Waals surface area contributed by atoms with E-state index in [9.17, 15) is 0 Å². The highest BCUT2D eigenvalue weighted by Gasteiger charge is 2.30. The first-order chi connectivity index (χ1) is 9.52. The highest BCUT2D eigenvalue weighted by molar-refractivity contribution is 9.10. The van der Waals surface area contributed by atoms with Gasteiger partial charge in [-0.3, -0.25) is 0 Å². The van der Waals surface area contributed by atoms with Crippen molar-refractivity contribution in [3.63, 3.8) is 0 Å². The molecule has 2 atom stereocenters. The third-order valence-electron chi connectivity index (χ3n) is 4.25. The zero-order chi connectivity index (χ0) is 14.7. The zero-order valence-electron chi connectivity index (χ0n) is 13.1. The summed E-state index contributed by atoms with van der Waals surface area (Å²) < 4.78 is 1.21. The molecule has 1 saturated heterocycles. The first kappa shape index (κ1) is 15.8. The lowest BCUT2D eigenvalue weighted by molar-refractivity contribution is 0.327. The lowest BCUT2D eigenvalue weighted by atomic mass is 9.96. The molecule has 0 spiro atoms. The van der Waals surface area contributed by atoms with E-state index in [1.54, 1.807) is 0 Å². The quantitative estimate of drug-likeness (QED) is 0.877. The Labute approximate surface area is 132 Å². The summed E-state index contributed by atoms with van der Waals surface area (Å²) in [5.41, 5.74) is 2.68. The normalized spacial score (nSPS) is 23.4. The van der Waals surface area contributed by atoms with Gasteiger partial charge in [0.05, 0.1) is 5.69 Å². The Hall–Kier alpha value is -0.540. The van der Waals surface area contributed by atoms with Crippen molar-refractivity contribution in [3.05, 3.63) is 28.2 Å². The molecule has 1 aliphatic rings. The number of hydrogen-bond donors (Lipinski definition) is 1. The molecular formula is C17H27BrN2. The summed E-state index contributed by atoms with van der Waals surface area (Å²) in [6, 6.07) is 7.85. The monoisotopic (exact) mass is 338 g/mol. The van der Waals surface area contributed by atoms with Crippen LogP contribution in [0, 0.1) is 12.8 Å². The molecular weight excluding hydrogens is 312 g/mol. The van der Waals surface area contributed by atoms with E-state index in [2.05, 4.69) is 72.0 Å². The molecule has 20 heavy (non-hydrogen) atoms. The summed E-state index contributed by atoms with van der Waals surface area (Å²) in [4.78, 5) is 2.61. The maximum Gasteiger partial charge on any atom is 0.0516 e. The standard InChI is InChI=1S/C17H27BrN2/c1-5-6-14-11-20(17(10-19-14)12(2)3)16-9-13(4)7-8-15(16)18/h7-9,12,14,17,19H,5-6,10-11H2,1-4H3. The number of nitrogens with one attached hydrogen (secondary N) is 1. The van der Waals surface area contributed by atoms with Gasteiger partial charge in [0.15, 0.2) is 0 Å². The molecule has 1 aromatic rings. The van der Waals surface area contributed by atoms with Gasteiger partial charge in [-0.05, 0) is 52.9 Å². The van der Waals surface area contributed by atoms with Crippen molar-refractivity contribution in [3.8, 4) is 0 Å². The van der Waals surface area contributed by atoms with Crippen molar-refractivity contribution in [2.75, 3.05) is 18.0 Å². The minimum absolute atomic E-state index is 0.571. The van der Waals surface area contributed by atoms with Crippen LogP contribution in [0.15, 0.2) is 22.7 Å². The van der Waals surface area contributed by atoms with Crippen molar-refractivity contribution in [2.45, 2.75) is 52.6 Å². The van der Waals surface area contributed by atoms with Crippen LogP contribution in [-0.2, 0) is 0 Å². The van der Waals surface area contributed by atoms with Gasteiger partial charge >= 0.3 is 0 Å². The molecule has 0 amide bonds. The van der Waals surface area contributed by atoms with Crippen LogP contribution in [-0.4, -0.2) is 25.2 Å². The molecule has 2 rings (SSSR count). The van der Waals surface area contributed by atoms with Crippen LogP contribution in [0.3, 0.4) is 0 Å². The fraction of sp³-hybridized carbons (Fsp3) is 0.647. The van der Waals surface area contributed by atoms with Crippen LogP contribution in [0.2, 0.25) is 0 Å². The second kappa shape index (κ2) is 6.95. The number of rotatable bonds is 4. The van der Waals surface area contributed by atoms with Gasteiger partial charge in [-0.2, -0.15) is 0 Å². The van der Waals surface area contributed by atoms with Crippen LogP contribution < -0.4 is 10.2 Å². The third kappa shape index (κ3) is 3.56. The highest BCUT2D eigenvalue weighted by Crippen LogP contribution is 2.32. The molecule has 0 saturated carbocycles. The van der Waals surface area contributed by atoms with Gasteiger partial charge in [0.2, 0.25) is 0 Å². The Morgan fingerprint density at radius 1 is 1.40 bits per heavy atom. The number of halogens is 1. The molecule has 1 aliphatic heterocycles. The fourth-order valence-corrected chi connectivity index (χ4v) is 3.57. The van der Waals surface area contributed by atoms with Crippen LogP contribution >= 0.6 is 15.9 Å². The Kier molecular flexibility index (Phi) is 5.50. The van der Waals surface area contributed by atoms with E-state index in [0.717, 1.165) is 13.1 Å². The lowest BCUT2D eigenvalue weighted by Crippen LogP contribution is -2.58. The smallest absolute Gasteiger partial charge is 0.0516 e. The number of benzene rings is 1. The molecule has 1 N–H and O–H groups in total. The van der Waals surface area contributed by atoms with Gasteiger partial charge in [0.1, 0.15) is 0 Å². The van der Waals surface area contributed by atoms with E-state index in [1.807, 2.05) is 0 Å². The van der Waals surface area contributed by atoms with Crippen molar-refractivity contribution >= 4 is 21.6 Å². The van der Waals surface area contributed by atoms with Crippen molar-refractivity contribution in [1.29, 1.82) is 0 Å². The van der Waals surface area contributed by atoms with Crippen molar-refractivity contribution in [1.82, 2.24) is 5.32 Å². The summed E-state index contributed by atoms with van der Waals surface area (Å²) in [5, 5.41) is 3.73. The van der Waals surface area contributed by atoms with E-state index in [4.69, 9.17) is 0 Å². The second-order valence-electron chi connectivity index (χ2n) is 6.31.